The average Bonchev–Trinajstić information content (AvgIpc) is 3.12. The number of hydrogen-bond donors (Lipinski definition) is 0. The van der Waals surface area contributed by atoms with Crippen LogP contribution in [-0.2, 0) is 4.74 Å². The van der Waals surface area contributed by atoms with Crippen molar-refractivity contribution in [3.63, 3.8) is 0 Å². The van der Waals surface area contributed by atoms with E-state index in [9.17, 15) is 4.79 Å². The van der Waals surface area contributed by atoms with E-state index in [0.29, 0.717) is 22.3 Å². The first-order valence-electron chi connectivity index (χ1n) is 9.35. The van der Waals surface area contributed by atoms with E-state index in [-0.39, 0.29) is 5.91 Å². The molecule has 146 valence electrons. The number of rotatable bonds is 5. The molecule has 1 aliphatic rings. The highest BCUT2D eigenvalue weighted by Gasteiger charge is 2.22. The van der Waals surface area contributed by atoms with Crippen LogP contribution in [0.2, 0.25) is 5.02 Å². The largest absolute Gasteiger partial charge is 0.379 e. The molecule has 0 unspecified atom stereocenters. The molecule has 1 aromatic heterocycles. The normalized spacial score (nSPS) is 15.1. The summed E-state index contributed by atoms with van der Waals surface area (Å²) in [5, 5.41) is 1.38. The van der Waals surface area contributed by atoms with Gasteiger partial charge in [-0.3, -0.25) is 14.6 Å². The van der Waals surface area contributed by atoms with Gasteiger partial charge in [-0.25, -0.2) is 4.98 Å². The van der Waals surface area contributed by atoms with E-state index in [0.717, 1.165) is 48.6 Å². The lowest BCUT2D eigenvalue weighted by Crippen LogP contribution is -2.43. The third-order valence-corrected chi connectivity index (χ3v) is 6.13. The van der Waals surface area contributed by atoms with Gasteiger partial charge in [-0.1, -0.05) is 40.6 Å². The first-order chi connectivity index (χ1) is 13.6. The highest BCUT2D eigenvalue weighted by molar-refractivity contribution is 7.22. The number of carbonyl (C=O) groups is 1. The summed E-state index contributed by atoms with van der Waals surface area (Å²) in [4.78, 5) is 22.1. The predicted molar refractivity (Wildman–Crippen MR) is 115 cm³/mol. The molecule has 1 aliphatic heterocycles. The van der Waals surface area contributed by atoms with Crippen LogP contribution in [0.3, 0.4) is 0 Å². The molecule has 2 aromatic carbocycles. The summed E-state index contributed by atoms with van der Waals surface area (Å²) < 4.78 is 6.41. The lowest BCUT2D eigenvalue weighted by atomic mass is 10.1. The molecule has 0 spiro atoms. The van der Waals surface area contributed by atoms with Crippen LogP contribution >= 0.6 is 22.9 Å². The molecule has 0 N–H and O–H groups in total. The van der Waals surface area contributed by atoms with Gasteiger partial charge in [0.25, 0.3) is 5.91 Å². The Morgan fingerprint density at radius 2 is 1.96 bits per heavy atom. The van der Waals surface area contributed by atoms with Gasteiger partial charge in [0, 0.05) is 36.8 Å². The second kappa shape index (κ2) is 8.57. The first-order valence-corrected chi connectivity index (χ1v) is 10.5. The van der Waals surface area contributed by atoms with Gasteiger partial charge in [-0.05, 0) is 37.3 Å². The Kier molecular flexibility index (Phi) is 5.92. The monoisotopic (exact) mass is 415 g/mol. The van der Waals surface area contributed by atoms with Crippen molar-refractivity contribution in [1.29, 1.82) is 0 Å². The van der Waals surface area contributed by atoms with Crippen molar-refractivity contribution >= 4 is 44.2 Å². The number of morpholine rings is 1. The number of aryl methyl sites for hydroxylation is 1. The molecule has 1 amide bonds. The van der Waals surface area contributed by atoms with E-state index in [1.54, 1.807) is 4.90 Å². The molecule has 0 saturated carbocycles. The van der Waals surface area contributed by atoms with Crippen molar-refractivity contribution in [2.24, 2.45) is 0 Å². The van der Waals surface area contributed by atoms with Gasteiger partial charge in [-0.15, -0.1) is 0 Å². The van der Waals surface area contributed by atoms with Gasteiger partial charge in [0.1, 0.15) is 0 Å². The van der Waals surface area contributed by atoms with Crippen molar-refractivity contribution < 1.29 is 9.53 Å². The molecule has 4 rings (SSSR count). The van der Waals surface area contributed by atoms with Crippen LogP contribution in [0.4, 0.5) is 5.13 Å². The van der Waals surface area contributed by atoms with E-state index in [1.165, 1.54) is 11.3 Å². The Bertz CT molecular complexity index is 967. The fourth-order valence-corrected chi connectivity index (χ4v) is 4.47. The van der Waals surface area contributed by atoms with Gasteiger partial charge in [0.15, 0.2) is 5.13 Å². The number of benzene rings is 2. The maximum absolute atomic E-state index is 13.3. The topological polar surface area (TPSA) is 45.7 Å². The second-order valence-electron chi connectivity index (χ2n) is 6.89. The molecule has 7 heteroatoms. The number of aromatic nitrogens is 1. The Morgan fingerprint density at radius 3 is 2.71 bits per heavy atom. The van der Waals surface area contributed by atoms with E-state index in [4.69, 9.17) is 21.3 Å². The third kappa shape index (κ3) is 4.36. The van der Waals surface area contributed by atoms with Gasteiger partial charge in [-0.2, -0.15) is 0 Å². The van der Waals surface area contributed by atoms with E-state index >= 15 is 0 Å². The van der Waals surface area contributed by atoms with Gasteiger partial charge in [0.2, 0.25) is 0 Å². The van der Waals surface area contributed by atoms with Crippen molar-refractivity contribution in [2.75, 3.05) is 44.3 Å². The van der Waals surface area contributed by atoms with E-state index < -0.39 is 0 Å². The number of fused-ring (bicyclic) bond motifs is 1. The number of ether oxygens (including phenoxy) is 1. The number of nitrogens with zero attached hydrogens (tertiary/aromatic N) is 3. The number of anilines is 1. The molecule has 0 aliphatic carbocycles. The van der Waals surface area contributed by atoms with Crippen LogP contribution in [-0.4, -0.2) is 55.2 Å². The van der Waals surface area contributed by atoms with Crippen LogP contribution in [0.1, 0.15) is 15.9 Å². The second-order valence-corrected chi connectivity index (χ2v) is 8.33. The fourth-order valence-electron chi connectivity index (χ4n) is 3.20. The number of carbonyl (C=O) groups excluding carboxylic acids is 1. The summed E-state index contributed by atoms with van der Waals surface area (Å²) in [5.74, 6) is -0.0292. The highest BCUT2D eigenvalue weighted by Crippen LogP contribution is 2.31. The summed E-state index contributed by atoms with van der Waals surface area (Å²) in [6, 6.07) is 13.3. The summed E-state index contributed by atoms with van der Waals surface area (Å²) >= 11 is 7.62. The molecule has 1 saturated heterocycles. The predicted octanol–water partition coefficient (Wildman–Crippen LogP) is 4.24. The molecular formula is C21H22ClN3O2S. The molecule has 5 nitrogen and oxygen atoms in total. The van der Waals surface area contributed by atoms with Crippen LogP contribution in [0, 0.1) is 6.92 Å². The van der Waals surface area contributed by atoms with Crippen molar-refractivity contribution in [2.45, 2.75) is 6.92 Å². The van der Waals surface area contributed by atoms with Crippen molar-refractivity contribution in [1.82, 2.24) is 9.88 Å². The Hall–Kier alpha value is -1.99. The highest BCUT2D eigenvalue weighted by atomic mass is 35.5. The average molecular weight is 416 g/mol. The minimum Gasteiger partial charge on any atom is -0.379 e. The van der Waals surface area contributed by atoms with Crippen LogP contribution in [0.5, 0.6) is 0 Å². The smallest absolute Gasteiger partial charge is 0.260 e. The summed E-state index contributed by atoms with van der Waals surface area (Å²) in [6.07, 6.45) is 0. The molecular weight excluding hydrogens is 394 g/mol. The Balaban J connectivity index is 1.62. The summed E-state index contributed by atoms with van der Waals surface area (Å²) in [6.45, 7) is 6.65. The lowest BCUT2D eigenvalue weighted by Gasteiger charge is -2.29. The first kappa shape index (κ1) is 19.3. The van der Waals surface area contributed by atoms with Crippen LogP contribution < -0.4 is 4.90 Å². The quantitative estimate of drug-likeness (QED) is 0.625. The molecule has 3 aromatic rings. The van der Waals surface area contributed by atoms with Crippen molar-refractivity contribution in [3.05, 3.63) is 58.6 Å². The van der Waals surface area contributed by atoms with Gasteiger partial charge < -0.3 is 4.74 Å². The summed E-state index contributed by atoms with van der Waals surface area (Å²) in [7, 11) is 0. The molecule has 0 bridgehead atoms. The molecule has 1 fully saturated rings. The van der Waals surface area contributed by atoms with Crippen LogP contribution in [0.15, 0.2) is 42.5 Å². The molecule has 0 radical (unpaired) electrons. The standard InChI is InChI=1S/C21H22ClN3O2S/c1-15-2-4-16(5-3-15)20(26)25(9-8-24-10-12-27-13-11-24)21-23-18-7-6-17(22)14-19(18)28-21/h2-7,14H,8-13H2,1H3. The third-order valence-electron chi connectivity index (χ3n) is 4.86. The van der Waals surface area contributed by atoms with E-state index in [1.807, 2.05) is 49.4 Å². The molecule has 0 atom stereocenters. The minimum atomic E-state index is -0.0292. The lowest BCUT2D eigenvalue weighted by molar-refractivity contribution is 0.0391. The van der Waals surface area contributed by atoms with Gasteiger partial charge in [0.05, 0.1) is 23.4 Å². The maximum atomic E-state index is 13.3. The van der Waals surface area contributed by atoms with Crippen LogP contribution in [0.25, 0.3) is 10.2 Å². The number of halogens is 1. The Labute approximate surface area is 173 Å². The zero-order valence-corrected chi connectivity index (χ0v) is 17.3. The SMILES string of the molecule is Cc1ccc(C(=O)N(CCN2CCOCC2)c2nc3ccc(Cl)cc3s2)cc1. The zero-order valence-electron chi connectivity index (χ0n) is 15.7. The molecule has 28 heavy (non-hydrogen) atoms. The minimum absolute atomic E-state index is 0.0292. The van der Waals surface area contributed by atoms with Crippen molar-refractivity contribution in [3.8, 4) is 0 Å². The van der Waals surface area contributed by atoms with Gasteiger partial charge >= 0.3 is 0 Å². The number of amides is 1. The number of thiazole rings is 1. The fraction of sp³-hybridized carbons (Fsp3) is 0.333. The maximum Gasteiger partial charge on any atom is 0.260 e. The molecule has 2 heterocycles. The zero-order chi connectivity index (χ0) is 19.5. The van der Waals surface area contributed by atoms with E-state index in [2.05, 4.69) is 4.90 Å². The number of hydrogen-bond acceptors (Lipinski definition) is 5. The summed E-state index contributed by atoms with van der Waals surface area (Å²) in [5.41, 5.74) is 2.66. The Morgan fingerprint density at radius 1 is 1.21 bits per heavy atom.